The predicted molar refractivity (Wildman–Crippen MR) is 108 cm³/mol. The first-order valence-electron chi connectivity index (χ1n) is 8.76. The van der Waals surface area contributed by atoms with Gasteiger partial charge in [-0.2, -0.15) is 0 Å². The van der Waals surface area contributed by atoms with E-state index in [1.165, 1.54) is 23.0 Å². The van der Waals surface area contributed by atoms with E-state index >= 15 is 0 Å². The number of anilines is 1. The first-order chi connectivity index (χ1) is 13.1. The van der Waals surface area contributed by atoms with Crippen LogP contribution in [-0.2, 0) is 17.6 Å². The molecule has 0 saturated carbocycles. The number of imidazole rings is 1. The largest absolute Gasteiger partial charge is 0.508 e. The van der Waals surface area contributed by atoms with Crippen LogP contribution in [0.2, 0.25) is 0 Å². The molecule has 0 fully saturated rings. The lowest BCUT2D eigenvalue weighted by atomic mass is 10.1. The summed E-state index contributed by atoms with van der Waals surface area (Å²) < 4.78 is 1.97. The maximum Gasteiger partial charge on any atom is 0.230 e. The number of aromatic hydroxyl groups is 1. The Morgan fingerprint density at radius 3 is 2.78 bits per heavy atom. The molecule has 136 valence electrons. The van der Waals surface area contributed by atoms with E-state index < -0.39 is 0 Å². The van der Waals surface area contributed by atoms with Crippen LogP contribution in [0.4, 0.5) is 5.69 Å². The summed E-state index contributed by atoms with van der Waals surface area (Å²) in [6.45, 7) is 2.13. The second-order valence-electron chi connectivity index (χ2n) is 6.33. The fraction of sp³-hybridized carbons (Fsp3) is 0.143. The SMILES string of the molecule is CCc1ccc(-c2cn3c(CC(=O)Nc4cccc(O)c4)csc3n2)cc1. The normalized spacial score (nSPS) is 11.0. The Balaban J connectivity index is 1.54. The average molecular weight is 377 g/mol. The number of nitrogens with one attached hydrogen (secondary N) is 1. The first-order valence-corrected chi connectivity index (χ1v) is 9.64. The van der Waals surface area contributed by atoms with Gasteiger partial charge in [0.25, 0.3) is 0 Å². The number of carbonyl (C=O) groups is 1. The molecule has 0 saturated heterocycles. The van der Waals surface area contributed by atoms with Crippen molar-refractivity contribution in [3.63, 3.8) is 0 Å². The molecule has 2 aromatic heterocycles. The molecule has 0 atom stereocenters. The highest BCUT2D eigenvalue weighted by atomic mass is 32.1. The molecule has 0 aliphatic rings. The van der Waals surface area contributed by atoms with Gasteiger partial charge in [-0.1, -0.05) is 37.3 Å². The number of phenols is 1. The smallest absolute Gasteiger partial charge is 0.230 e. The van der Waals surface area contributed by atoms with Gasteiger partial charge in [0, 0.05) is 34.6 Å². The number of rotatable bonds is 5. The van der Waals surface area contributed by atoms with Gasteiger partial charge in [0.2, 0.25) is 5.91 Å². The molecule has 0 aliphatic heterocycles. The monoisotopic (exact) mass is 377 g/mol. The second-order valence-corrected chi connectivity index (χ2v) is 7.17. The number of amides is 1. The first kappa shape index (κ1) is 17.3. The van der Waals surface area contributed by atoms with Crippen LogP contribution in [0, 0.1) is 0 Å². The van der Waals surface area contributed by atoms with E-state index in [0.717, 1.165) is 28.3 Å². The van der Waals surface area contributed by atoms with Crippen LogP contribution in [0.3, 0.4) is 0 Å². The fourth-order valence-electron chi connectivity index (χ4n) is 2.96. The lowest BCUT2D eigenvalue weighted by molar-refractivity contribution is -0.115. The van der Waals surface area contributed by atoms with Gasteiger partial charge in [0.15, 0.2) is 4.96 Å². The van der Waals surface area contributed by atoms with Gasteiger partial charge < -0.3 is 10.4 Å². The van der Waals surface area contributed by atoms with Crippen LogP contribution in [0.25, 0.3) is 16.2 Å². The number of phenolic OH excluding ortho intramolecular Hbond substituents is 1. The Morgan fingerprint density at radius 1 is 1.22 bits per heavy atom. The van der Waals surface area contributed by atoms with Crippen molar-refractivity contribution in [1.29, 1.82) is 0 Å². The van der Waals surface area contributed by atoms with Crippen molar-refractivity contribution in [2.45, 2.75) is 19.8 Å². The second kappa shape index (κ2) is 7.25. The van der Waals surface area contributed by atoms with Crippen molar-refractivity contribution in [2.24, 2.45) is 0 Å². The molecule has 0 bridgehead atoms. The molecule has 6 heteroatoms. The Hall–Kier alpha value is -3.12. The minimum atomic E-state index is -0.136. The molecular weight excluding hydrogens is 358 g/mol. The van der Waals surface area contributed by atoms with E-state index in [0.29, 0.717) is 5.69 Å². The number of benzene rings is 2. The number of hydrogen-bond acceptors (Lipinski definition) is 4. The molecule has 2 heterocycles. The third-order valence-corrected chi connectivity index (χ3v) is 5.30. The van der Waals surface area contributed by atoms with Gasteiger partial charge in [-0.25, -0.2) is 4.98 Å². The summed E-state index contributed by atoms with van der Waals surface area (Å²) in [7, 11) is 0. The van der Waals surface area contributed by atoms with Crippen molar-refractivity contribution in [3.8, 4) is 17.0 Å². The molecule has 0 radical (unpaired) electrons. The van der Waals surface area contributed by atoms with Gasteiger partial charge in [-0.05, 0) is 24.1 Å². The van der Waals surface area contributed by atoms with E-state index in [2.05, 4.69) is 41.5 Å². The highest BCUT2D eigenvalue weighted by Crippen LogP contribution is 2.25. The van der Waals surface area contributed by atoms with E-state index in [4.69, 9.17) is 0 Å². The molecular formula is C21H19N3O2S. The highest BCUT2D eigenvalue weighted by molar-refractivity contribution is 7.15. The van der Waals surface area contributed by atoms with E-state index in [1.807, 2.05) is 16.0 Å². The fourth-order valence-corrected chi connectivity index (χ4v) is 3.83. The average Bonchev–Trinajstić information content (AvgIpc) is 3.24. The number of hydrogen-bond donors (Lipinski definition) is 2. The molecule has 1 amide bonds. The summed E-state index contributed by atoms with van der Waals surface area (Å²) in [6, 6.07) is 14.9. The number of nitrogens with zero attached hydrogens (tertiary/aromatic N) is 2. The zero-order chi connectivity index (χ0) is 18.8. The van der Waals surface area contributed by atoms with E-state index in [-0.39, 0.29) is 18.1 Å². The van der Waals surface area contributed by atoms with Gasteiger partial charge in [0.1, 0.15) is 5.75 Å². The van der Waals surface area contributed by atoms with Crippen molar-refractivity contribution >= 4 is 27.9 Å². The van der Waals surface area contributed by atoms with Crippen LogP contribution in [0.1, 0.15) is 18.2 Å². The zero-order valence-corrected chi connectivity index (χ0v) is 15.7. The highest BCUT2D eigenvalue weighted by Gasteiger charge is 2.13. The van der Waals surface area contributed by atoms with Crippen molar-refractivity contribution < 1.29 is 9.90 Å². The van der Waals surface area contributed by atoms with Crippen molar-refractivity contribution in [3.05, 3.63) is 71.4 Å². The molecule has 2 aromatic carbocycles. The van der Waals surface area contributed by atoms with E-state index in [9.17, 15) is 9.90 Å². The van der Waals surface area contributed by atoms with Gasteiger partial charge in [0.05, 0.1) is 12.1 Å². The molecule has 4 aromatic rings. The maximum atomic E-state index is 12.4. The number of aromatic nitrogens is 2. The molecule has 4 rings (SSSR count). The maximum absolute atomic E-state index is 12.4. The third-order valence-electron chi connectivity index (χ3n) is 4.41. The number of aryl methyl sites for hydroxylation is 1. The standard InChI is InChI=1S/C21H19N3O2S/c1-2-14-6-8-15(9-7-14)19-12-24-17(13-27-21(24)23-19)11-20(26)22-16-4-3-5-18(25)10-16/h3-10,12-13,25H,2,11H2,1H3,(H,22,26). The Morgan fingerprint density at radius 2 is 2.04 bits per heavy atom. The Bertz CT molecular complexity index is 1100. The summed E-state index contributed by atoms with van der Waals surface area (Å²) in [4.78, 5) is 17.9. The Labute approximate surface area is 160 Å². The summed E-state index contributed by atoms with van der Waals surface area (Å²) in [5.74, 6) is -0.0121. The van der Waals surface area contributed by atoms with Crippen LogP contribution in [-0.4, -0.2) is 20.4 Å². The summed E-state index contributed by atoms with van der Waals surface area (Å²) in [6.07, 6.45) is 3.22. The summed E-state index contributed by atoms with van der Waals surface area (Å²) >= 11 is 1.52. The van der Waals surface area contributed by atoms with Crippen LogP contribution in [0.15, 0.2) is 60.1 Å². The minimum absolute atomic E-state index is 0.124. The van der Waals surface area contributed by atoms with Crippen LogP contribution < -0.4 is 5.32 Å². The van der Waals surface area contributed by atoms with Crippen molar-refractivity contribution in [1.82, 2.24) is 9.38 Å². The van der Waals surface area contributed by atoms with E-state index in [1.54, 1.807) is 18.2 Å². The minimum Gasteiger partial charge on any atom is -0.508 e. The number of fused-ring (bicyclic) bond motifs is 1. The molecule has 2 N–H and O–H groups in total. The van der Waals surface area contributed by atoms with Crippen molar-refractivity contribution in [2.75, 3.05) is 5.32 Å². The quantitative estimate of drug-likeness (QED) is 0.538. The predicted octanol–water partition coefficient (Wildman–Crippen LogP) is 4.51. The summed E-state index contributed by atoms with van der Waals surface area (Å²) in [5.41, 5.74) is 4.73. The Kier molecular flexibility index (Phi) is 4.64. The van der Waals surface area contributed by atoms with Crippen LogP contribution in [0.5, 0.6) is 5.75 Å². The topological polar surface area (TPSA) is 66.6 Å². The van der Waals surface area contributed by atoms with Gasteiger partial charge >= 0.3 is 0 Å². The van der Waals surface area contributed by atoms with Gasteiger partial charge in [-0.15, -0.1) is 11.3 Å². The molecule has 0 spiro atoms. The lowest BCUT2D eigenvalue weighted by Gasteiger charge is -2.05. The van der Waals surface area contributed by atoms with Gasteiger partial charge in [-0.3, -0.25) is 9.20 Å². The summed E-state index contributed by atoms with van der Waals surface area (Å²) in [5, 5.41) is 14.3. The lowest BCUT2D eigenvalue weighted by Crippen LogP contribution is -2.15. The zero-order valence-electron chi connectivity index (χ0n) is 14.8. The molecule has 27 heavy (non-hydrogen) atoms. The molecule has 5 nitrogen and oxygen atoms in total. The third kappa shape index (κ3) is 3.71. The molecule has 0 aliphatic carbocycles. The molecule has 0 unspecified atom stereocenters. The number of carbonyl (C=O) groups excluding carboxylic acids is 1. The van der Waals surface area contributed by atoms with Crippen LogP contribution >= 0.6 is 11.3 Å². The number of thiazole rings is 1.